The zero-order chi connectivity index (χ0) is 17.2. The average molecular weight is 384 g/mol. The summed E-state index contributed by atoms with van der Waals surface area (Å²) >= 11 is 3.42. The van der Waals surface area contributed by atoms with Gasteiger partial charge in [-0.3, -0.25) is 0 Å². The van der Waals surface area contributed by atoms with Gasteiger partial charge in [0, 0.05) is 29.4 Å². The van der Waals surface area contributed by atoms with Crippen molar-refractivity contribution in [1.29, 1.82) is 0 Å². The lowest BCUT2D eigenvalue weighted by molar-refractivity contribution is -0.0179. The quantitative estimate of drug-likeness (QED) is 0.720. The summed E-state index contributed by atoms with van der Waals surface area (Å²) in [5, 5.41) is 0. The minimum Gasteiger partial charge on any atom is -0.490 e. The van der Waals surface area contributed by atoms with E-state index in [1.807, 2.05) is 49.9 Å². The van der Waals surface area contributed by atoms with Crippen molar-refractivity contribution in [3.05, 3.63) is 28.7 Å². The van der Waals surface area contributed by atoms with Crippen LogP contribution in [-0.4, -0.2) is 34.8 Å². The monoisotopic (exact) mass is 383 g/mol. The third kappa shape index (κ3) is 5.13. The summed E-state index contributed by atoms with van der Waals surface area (Å²) < 4.78 is 12.6. The second kappa shape index (κ2) is 7.12. The number of carbonyl (C=O) groups is 1. The fourth-order valence-corrected chi connectivity index (χ4v) is 3.26. The molecule has 0 radical (unpaired) electrons. The molecule has 4 nitrogen and oxygen atoms in total. The Labute approximate surface area is 147 Å². The van der Waals surface area contributed by atoms with Gasteiger partial charge >= 0.3 is 6.09 Å². The molecule has 0 saturated carbocycles. The van der Waals surface area contributed by atoms with E-state index in [1.165, 1.54) is 0 Å². The number of carbonyl (C=O) groups excluding carboxylic acids is 1. The van der Waals surface area contributed by atoms with E-state index in [-0.39, 0.29) is 24.3 Å². The maximum absolute atomic E-state index is 12.4. The Hall–Kier alpha value is -1.23. The van der Waals surface area contributed by atoms with E-state index in [9.17, 15) is 4.79 Å². The molecule has 0 spiro atoms. The molecular formula is C18H26BrNO3. The smallest absolute Gasteiger partial charge is 0.410 e. The highest BCUT2D eigenvalue weighted by molar-refractivity contribution is 9.10. The number of benzene rings is 1. The Kier molecular flexibility index (Phi) is 5.61. The van der Waals surface area contributed by atoms with Gasteiger partial charge < -0.3 is 14.4 Å². The zero-order valence-corrected chi connectivity index (χ0v) is 16.1. The van der Waals surface area contributed by atoms with Gasteiger partial charge in [-0.1, -0.05) is 15.9 Å². The van der Waals surface area contributed by atoms with E-state index < -0.39 is 5.60 Å². The molecule has 0 N–H and O–H groups in total. The van der Waals surface area contributed by atoms with Gasteiger partial charge in [-0.25, -0.2) is 4.79 Å². The number of hydrogen-bond donors (Lipinski definition) is 0. The second-order valence-electron chi connectivity index (χ2n) is 7.25. The van der Waals surface area contributed by atoms with E-state index in [0.717, 1.165) is 23.1 Å². The van der Waals surface area contributed by atoms with E-state index in [0.29, 0.717) is 0 Å². The highest BCUT2D eigenvalue weighted by Gasteiger charge is 2.37. The Bertz CT molecular complexity index is 526. The predicted octanol–water partition coefficient (Wildman–Crippen LogP) is 5.00. The SMILES string of the molecule is C[C@@H]1CC(Oc2ccc(Br)cc2)C[C@H](C)N1C(=O)OC(C)(C)C. The molecule has 1 aliphatic rings. The minimum atomic E-state index is -0.471. The summed E-state index contributed by atoms with van der Waals surface area (Å²) in [5.74, 6) is 0.864. The molecule has 23 heavy (non-hydrogen) atoms. The van der Waals surface area contributed by atoms with Crippen LogP contribution < -0.4 is 4.74 Å². The van der Waals surface area contributed by atoms with Crippen LogP contribution in [0.25, 0.3) is 0 Å². The van der Waals surface area contributed by atoms with Crippen LogP contribution in [-0.2, 0) is 4.74 Å². The van der Waals surface area contributed by atoms with Crippen LogP contribution in [0.15, 0.2) is 28.7 Å². The summed E-state index contributed by atoms with van der Waals surface area (Å²) in [7, 11) is 0. The van der Waals surface area contributed by atoms with E-state index >= 15 is 0 Å². The van der Waals surface area contributed by atoms with Crippen molar-refractivity contribution in [3.63, 3.8) is 0 Å². The molecule has 1 fully saturated rings. The molecule has 128 valence electrons. The number of piperidine rings is 1. The van der Waals surface area contributed by atoms with Crippen LogP contribution in [0.2, 0.25) is 0 Å². The van der Waals surface area contributed by atoms with Crippen LogP contribution in [0, 0.1) is 0 Å². The molecule has 0 aliphatic carbocycles. The van der Waals surface area contributed by atoms with E-state index in [4.69, 9.17) is 9.47 Å². The Morgan fingerprint density at radius 1 is 1.13 bits per heavy atom. The van der Waals surface area contributed by atoms with Gasteiger partial charge in [-0.15, -0.1) is 0 Å². The minimum absolute atomic E-state index is 0.0917. The maximum Gasteiger partial charge on any atom is 0.410 e. The van der Waals surface area contributed by atoms with Crippen molar-refractivity contribution in [3.8, 4) is 5.75 Å². The molecule has 0 aromatic heterocycles. The first-order chi connectivity index (χ1) is 10.7. The highest BCUT2D eigenvalue weighted by atomic mass is 79.9. The van der Waals surface area contributed by atoms with Crippen molar-refractivity contribution >= 4 is 22.0 Å². The number of amides is 1. The van der Waals surface area contributed by atoms with Gasteiger partial charge in [-0.05, 0) is 58.9 Å². The molecule has 1 saturated heterocycles. The number of rotatable bonds is 2. The molecule has 1 aromatic rings. The Morgan fingerprint density at radius 2 is 1.65 bits per heavy atom. The van der Waals surface area contributed by atoms with Crippen molar-refractivity contribution < 1.29 is 14.3 Å². The highest BCUT2D eigenvalue weighted by Crippen LogP contribution is 2.28. The van der Waals surface area contributed by atoms with E-state index in [2.05, 4.69) is 29.8 Å². The van der Waals surface area contributed by atoms with Crippen LogP contribution in [0.5, 0.6) is 5.75 Å². The van der Waals surface area contributed by atoms with Crippen molar-refractivity contribution in [1.82, 2.24) is 4.90 Å². The molecule has 0 bridgehead atoms. The lowest BCUT2D eigenvalue weighted by Crippen LogP contribution is -2.53. The predicted molar refractivity (Wildman–Crippen MR) is 94.8 cm³/mol. The zero-order valence-electron chi connectivity index (χ0n) is 14.5. The molecule has 3 atom stereocenters. The van der Waals surface area contributed by atoms with Gasteiger partial charge in [-0.2, -0.15) is 0 Å². The average Bonchev–Trinajstić information content (AvgIpc) is 2.38. The maximum atomic E-state index is 12.4. The normalized spacial score (nSPS) is 25.1. The van der Waals surface area contributed by atoms with Gasteiger partial charge in [0.2, 0.25) is 0 Å². The van der Waals surface area contributed by atoms with Crippen molar-refractivity contribution in [2.24, 2.45) is 0 Å². The third-order valence-electron chi connectivity index (χ3n) is 3.88. The van der Waals surface area contributed by atoms with Gasteiger partial charge in [0.15, 0.2) is 0 Å². The van der Waals surface area contributed by atoms with Gasteiger partial charge in [0.05, 0.1) is 0 Å². The van der Waals surface area contributed by atoms with Gasteiger partial charge in [0.1, 0.15) is 17.5 Å². The van der Waals surface area contributed by atoms with Crippen LogP contribution in [0.4, 0.5) is 4.79 Å². The Balaban J connectivity index is 1.98. The molecular weight excluding hydrogens is 358 g/mol. The molecule has 5 heteroatoms. The fourth-order valence-electron chi connectivity index (χ4n) is 3.00. The van der Waals surface area contributed by atoms with Crippen LogP contribution in [0.1, 0.15) is 47.5 Å². The molecule has 1 aliphatic heterocycles. The summed E-state index contributed by atoms with van der Waals surface area (Å²) in [6.45, 7) is 9.78. The topological polar surface area (TPSA) is 38.8 Å². The van der Waals surface area contributed by atoms with Crippen molar-refractivity contribution in [2.75, 3.05) is 0 Å². The summed E-state index contributed by atoms with van der Waals surface area (Å²) in [5.41, 5.74) is -0.471. The van der Waals surface area contributed by atoms with Crippen LogP contribution in [0.3, 0.4) is 0 Å². The molecule has 1 unspecified atom stereocenters. The van der Waals surface area contributed by atoms with Crippen molar-refractivity contribution in [2.45, 2.75) is 71.2 Å². The van der Waals surface area contributed by atoms with Gasteiger partial charge in [0.25, 0.3) is 0 Å². The second-order valence-corrected chi connectivity index (χ2v) is 8.17. The fraction of sp³-hybridized carbons (Fsp3) is 0.611. The number of hydrogen-bond acceptors (Lipinski definition) is 3. The van der Waals surface area contributed by atoms with Crippen LogP contribution >= 0.6 is 15.9 Å². The molecule has 1 aromatic carbocycles. The Morgan fingerprint density at radius 3 is 2.13 bits per heavy atom. The number of likely N-dealkylation sites (tertiary alicyclic amines) is 1. The summed E-state index contributed by atoms with van der Waals surface area (Å²) in [6.07, 6.45) is 1.48. The summed E-state index contributed by atoms with van der Waals surface area (Å²) in [6, 6.07) is 8.04. The molecule has 2 rings (SSSR count). The summed E-state index contributed by atoms with van der Waals surface area (Å²) in [4.78, 5) is 14.2. The first-order valence-corrected chi connectivity index (χ1v) is 8.88. The first-order valence-electron chi connectivity index (χ1n) is 8.09. The standard InChI is InChI=1S/C18H26BrNO3/c1-12-10-16(22-15-8-6-14(19)7-9-15)11-13(2)20(12)17(21)23-18(3,4)5/h6-9,12-13,16H,10-11H2,1-5H3/t12-,13+,16?. The van der Waals surface area contributed by atoms with E-state index in [1.54, 1.807) is 0 Å². The third-order valence-corrected chi connectivity index (χ3v) is 4.41. The molecule has 1 amide bonds. The number of nitrogens with zero attached hydrogens (tertiary/aromatic N) is 1. The largest absolute Gasteiger partial charge is 0.490 e. The lowest BCUT2D eigenvalue weighted by atomic mass is 9.95. The number of halogens is 1. The lowest BCUT2D eigenvalue weighted by Gasteiger charge is -2.42. The molecule has 1 heterocycles. The number of ether oxygens (including phenoxy) is 2. The first kappa shape index (κ1) is 18.1.